The van der Waals surface area contributed by atoms with Crippen molar-refractivity contribution in [3.63, 3.8) is 0 Å². The molecule has 25 heavy (non-hydrogen) atoms. The van der Waals surface area contributed by atoms with Gasteiger partial charge in [-0.05, 0) is 43.5 Å². The lowest BCUT2D eigenvalue weighted by atomic mass is 9.90. The second kappa shape index (κ2) is 7.51. The second-order valence-electron chi connectivity index (χ2n) is 5.56. The summed E-state index contributed by atoms with van der Waals surface area (Å²) in [6.45, 7) is 2.09. The second-order valence-corrected chi connectivity index (χ2v) is 5.56. The summed E-state index contributed by atoms with van der Waals surface area (Å²) in [5.74, 6) is -2.20. The van der Waals surface area contributed by atoms with Crippen molar-refractivity contribution in [3.05, 3.63) is 40.1 Å². The number of benzene rings is 1. The molecule has 1 aromatic carbocycles. The number of alkyl halides is 3. The number of nitrogens with zero attached hydrogens (tertiary/aromatic N) is 1. The van der Waals surface area contributed by atoms with E-state index >= 15 is 0 Å². The summed E-state index contributed by atoms with van der Waals surface area (Å²) in [6.07, 6.45) is -0.821. The largest absolute Gasteiger partial charge is 0.490 e. The van der Waals surface area contributed by atoms with E-state index in [2.05, 4.69) is 10.3 Å². The third kappa shape index (κ3) is 4.69. The highest BCUT2D eigenvalue weighted by Gasteiger charge is 2.38. The molecule has 3 N–H and O–H groups in total. The van der Waals surface area contributed by atoms with Gasteiger partial charge in [0, 0.05) is 23.7 Å². The molecule has 1 fully saturated rings. The molecule has 2 aromatic rings. The average molecular weight is 359 g/mol. The lowest BCUT2D eigenvalue weighted by molar-refractivity contribution is -0.384. The zero-order valence-electron chi connectivity index (χ0n) is 13.0. The molecular weight excluding hydrogens is 343 g/mol. The van der Waals surface area contributed by atoms with Crippen LogP contribution in [0.2, 0.25) is 0 Å². The van der Waals surface area contributed by atoms with Crippen molar-refractivity contribution in [2.75, 3.05) is 13.1 Å². The van der Waals surface area contributed by atoms with Crippen molar-refractivity contribution in [2.24, 2.45) is 0 Å². The van der Waals surface area contributed by atoms with Crippen molar-refractivity contribution in [1.82, 2.24) is 10.3 Å². The Morgan fingerprint density at radius 2 is 1.88 bits per heavy atom. The van der Waals surface area contributed by atoms with E-state index in [0.29, 0.717) is 5.92 Å². The quantitative estimate of drug-likeness (QED) is 0.564. The number of fused-ring (bicyclic) bond motifs is 1. The van der Waals surface area contributed by atoms with Gasteiger partial charge in [-0.25, -0.2) is 4.79 Å². The number of rotatable bonds is 2. The van der Waals surface area contributed by atoms with Gasteiger partial charge in [-0.1, -0.05) is 0 Å². The summed E-state index contributed by atoms with van der Waals surface area (Å²) < 4.78 is 31.7. The SMILES string of the molecule is O=C(O)C(F)(F)F.O=[N+]([O-])c1ccc2c(C3CCNCC3)c[nH]c2c1. The minimum atomic E-state index is -5.08. The van der Waals surface area contributed by atoms with Crippen LogP contribution in [0, 0.1) is 10.1 Å². The molecule has 3 rings (SSSR count). The van der Waals surface area contributed by atoms with Crippen molar-refractivity contribution in [1.29, 1.82) is 0 Å². The summed E-state index contributed by atoms with van der Waals surface area (Å²) in [7, 11) is 0. The number of hydrogen-bond donors (Lipinski definition) is 3. The molecule has 0 spiro atoms. The van der Waals surface area contributed by atoms with Crippen LogP contribution in [0.3, 0.4) is 0 Å². The number of non-ortho nitro benzene ring substituents is 1. The van der Waals surface area contributed by atoms with E-state index in [1.165, 1.54) is 5.56 Å². The first-order valence-electron chi connectivity index (χ1n) is 7.46. The summed E-state index contributed by atoms with van der Waals surface area (Å²) >= 11 is 0. The van der Waals surface area contributed by atoms with E-state index in [1.807, 2.05) is 12.3 Å². The van der Waals surface area contributed by atoms with Crippen LogP contribution >= 0.6 is 0 Å². The standard InChI is InChI=1S/C13H15N3O2.C2HF3O2/c17-16(18)10-1-2-11-12(8-15-13(11)7-10)9-3-5-14-6-4-9;3-2(4,5)1(6)7/h1-2,7-9,14-15H,3-6H2;(H,6,7). The first-order valence-corrected chi connectivity index (χ1v) is 7.46. The number of hydrogen-bond acceptors (Lipinski definition) is 4. The Balaban J connectivity index is 0.000000277. The number of halogens is 3. The Bertz CT molecular complexity index is 767. The van der Waals surface area contributed by atoms with Gasteiger partial charge in [0.2, 0.25) is 0 Å². The Morgan fingerprint density at radius 3 is 2.40 bits per heavy atom. The normalized spacial score (nSPS) is 15.5. The van der Waals surface area contributed by atoms with E-state index in [-0.39, 0.29) is 10.6 Å². The van der Waals surface area contributed by atoms with Gasteiger partial charge in [-0.15, -0.1) is 0 Å². The zero-order valence-corrected chi connectivity index (χ0v) is 13.0. The van der Waals surface area contributed by atoms with E-state index in [9.17, 15) is 23.3 Å². The Kier molecular flexibility index (Phi) is 5.62. The van der Waals surface area contributed by atoms with Crippen LogP contribution in [-0.2, 0) is 4.79 Å². The van der Waals surface area contributed by atoms with Gasteiger partial charge in [-0.2, -0.15) is 13.2 Å². The van der Waals surface area contributed by atoms with E-state index in [1.54, 1.807) is 12.1 Å². The average Bonchev–Trinajstić information content (AvgIpc) is 2.98. The summed E-state index contributed by atoms with van der Waals surface area (Å²) in [6, 6.07) is 5.06. The molecular formula is C15H16F3N3O4. The van der Waals surface area contributed by atoms with Crippen LogP contribution in [0.25, 0.3) is 10.9 Å². The number of aliphatic carboxylic acids is 1. The molecule has 7 nitrogen and oxygen atoms in total. The van der Waals surface area contributed by atoms with Crippen molar-refractivity contribution in [3.8, 4) is 0 Å². The molecule has 0 aliphatic carbocycles. The lowest BCUT2D eigenvalue weighted by Crippen LogP contribution is -2.26. The van der Waals surface area contributed by atoms with Crippen LogP contribution in [0.4, 0.5) is 18.9 Å². The van der Waals surface area contributed by atoms with Gasteiger partial charge >= 0.3 is 12.1 Å². The van der Waals surface area contributed by atoms with Crippen LogP contribution in [-0.4, -0.2) is 40.2 Å². The number of nitro groups is 1. The molecule has 0 amide bonds. The number of aromatic amines is 1. The van der Waals surface area contributed by atoms with Crippen LogP contribution in [0.15, 0.2) is 24.4 Å². The number of aromatic nitrogens is 1. The number of carboxylic acid groups (broad SMARTS) is 1. The van der Waals surface area contributed by atoms with Crippen molar-refractivity contribution in [2.45, 2.75) is 24.9 Å². The van der Waals surface area contributed by atoms with Crippen LogP contribution in [0.1, 0.15) is 24.3 Å². The maximum atomic E-state index is 10.7. The first kappa shape index (κ1) is 18.7. The maximum absolute atomic E-state index is 10.7. The molecule has 0 atom stereocenters. The van der Waals surface area contributed by atoms with Crippen molar-refractivity contribution < 1.29 is 28.0 Å². The predicted octanol–water partition coefficient (Wildman–Crippen LogP) is 3.18. The minimum absolute atomic E-state index is 0.140. The first-order chi connectivity index (χ1) is 11.7. The van der Waals surface area contributed by atoms with Gasteiger partial charge in [0.1, 0.15) is 0 Å². The van der Waals surface area contributed by atoms with Gasteiger partial charge < -0.3 is 15.4 Å². The Hall–Kier alpha value is -2.62. The monoisotopic (exact) mass is 359 g/mol. The molecule has 0 unspecified atom stereocenters. The topological polar surface area (TPSA) is 108 Å². The van der Waals surface area contributed by atoms with Gasteiger partial charge in [0.05, 0.1) is 10.4 Å². The molecule has 1 aliphatic rings. The maximum Gasteiger partial charge on any atom is 0.490 e. The number of carbonyl (C=O) groups is 1. The van der Waals surface area contributed by atoms with E-state index < -0.39 is 12.1 Å². The predicted molar refractivity (Wildman–Crippen MR) is 83.5 cm³/mol. The minimum Gasteiger partial charge on any atom is -0.475 e. The summed E-state index contributed by atoms with van der Waals surface area (Å²) in [5.41, 5.74) is 2.29. The third-order valence-electron chi connectivity index (χ3n) is 3.93. The highest BCUT2D eigenvalue weighted by molar-refractivity contribution is 5.85. The molecule has 1 aliphatic heterocycles. The smallest absolute Gasteiger partial charge is 0.475 e. The Labute approximate surface area is 140 Å². The fraction of sp³-hybridized carbons (Fsp3) is 0.400. The highest BCUT2D eigenvalue weighted by Crippen LogP contribution is 2.32. The molecule has 1 aromatic heterocycles. The third-order valence-corrected chi connectivity index (χ3v) is 3.93. The van der Waals surface area contributed by atoms with Crippen molar-refractivity contribution >= 4 is 22.6 Å². The fourth-order valence-electron chi connectivity index (χ4n) is 2.72. The lowest BCUT2D eigenvalue weighted by Gasteiger charge is -2.22. The molecule has 0 bridgehead atoms. The number of carboxylic acids is 1. The van der Waals surface area contributed by atoms with Gasteiger partial charge in [-0.3, -0.25) is 10.1 Å². The van der Waals surface area contributed by atoms with E-state index in [4.69, 9.17) is 9.90 Å². The number of H-pyrrole nitrogens is 1. The highest BCUT2D eigenvalue weighted by atomic mass is 19.4. The number of nitrogens with one attached hydrogen (secondary N) is 2. The number of nitro benzene ring substituents is 1. The fourth-order valence-corrected chi connectivity index (χ4v) is 2.72. The number of piperidine rings is 1. The molecule has 10 heteroatoms. The molecule has 0 radical (unpaired) electrons. The Morgan fingerprint density at radius 1 is 1.28 bits per heavy atom. The van der Waals surface area contributed by atoms with Crippen LogP contribution < -0.4 is 5.32 Å². The summed E-state index contributed by atoms with van der Waals surface area (Å²) in [4.78, 5) is 22.4. The molecule has 136 valence electrons. The molecule has 0 saturated carbocycles. The van der Waals surface area contributed by atoms with Crippen LogP contribution in [0.5, 0.6) is 0 Å². The van der Waals surface area contributed by atoms with E-state index in [0.717, 1.165) is 36.8 Å². The van der Waals surface area contributed by atoms with Gasteiger partial charge in [0.15, 0.2) is 0 Å². The molecule has 1 saturated heterocycles. The van der Waals surface area contributed by atoms with Gasteiger partial charge in [0.25, 0.3) is 5.69 Å². The zero-order chi connectivity index (χ0) is 18.6. The summed E-state index contributed by atoms with van der Waals surface area (Å²) in [5, 5.41) is 22.3. The molecule has 2 heterocycles.